The first-order valence-electron chi connectivity index (χ1n) is 13.2. The Morgan fingerprint density at radius 2 is 1.92 bits per heavy atom. The summed E-state index contributed by atoms with van der Waals surface area (Å²) in [6, 6.07) is 16.4. The van der Waals surface area contributed by atoms with Gasteiger partial charge in [0.15, 0.2) is 0 Å². The van der Waals surface area contributed by atoms with Gasteiger partial charge in [-0.05, 0) is 98.5 Å². The Morgan fingerprint density at radius 3 is 2.73 bits per heavy atom. The van der Waals surface area contributed by atoms with Gasteiger partial charge in [0, 0.05) is 41.7 Å². The molecular formula is C30H38N2O4S. The van der Waals surface area contributed by atoms with Gasteiger partial charge in [0.25, 0.3) is 0 Å². The fraction of sp³-hybridized carbons (Fsp3) is 0.467. The molecule has 1 fully saturated rings. The van der Waals surface area contributed by atoms with Gasteiger partial charge in [0.1, 0.15) is 11.5 Å². The van der Waals surface area contributed by atoms with Crippen molar-refractivity contribution in [1.82, 2.24) is 9.88 Å². The van der Waals surface area contributed by atoms with Crippen LogP contribution < -0.4 is 9.47 Å². The van der Waals surface area contributed by atoms with Gasteiger partial charge in [-0.15, -0.1) is 11.8 Å². The lowest BCUT2D eigenvalue weighted by Gasteiger charge is -2.39. The van der Waals surface area contributed by atoms with Gasteiger partial charge in [-0.1, -0.05) is 6.07 Å². The zero-order valence-electron chi connectivity index (χ0n) is 21.9. The third-order valence-corrected chi connectivity index (χ3v) is 8.46. The molecule has 6 nitrogen and oxygen atoms in total. The Kier molecular flexibility index (Phi) is 10.1. The van der Waals surface area contributed by atoms with Crippen LogP contribution in [-0.4, -0.2) is 60.6 Å². The largest absolute Gasteiger partial charge is 0.497 e. The number of thioether (sulfide) groups is 1. The summed E-state index contributed by atoms with van der Waals surface area (Å²) in [6.07, 6.45) is 7.26. The Labute approximate surface area is 224 Å². The number of aliphatic carboxylic acids is 1. The highest BCUT2D eigenvalue weighted by Crippen LogP contribution is 2.33. The van der Waals surface area contributed by atoms with Crippen molar-refractivity contribution in [2.24, 2.45) is 11.8 Å². The van der Waals surface area contributed by atoms with E-state index in [0.29, 0.717) is 11.8 Å². The Morgan fingerprint density at radius 1 is 1.08 bits per heavy atom. The number of carboxylic acid groups (broad SMARTS) is 1. The highest BCUT2D eigenvalue weighted by Gasteiger charge is 2.29. The highest BCUT2D eigenvalue weighted by molar-refractivity contribution is 7.99. The predicted molar refractivity (Wildman–Crippen MR) is 150 cm³/mol. The topological polar surface area (TPSA) is 71.9 Å². The van der Waals surface area contributed by atoms with Gasteiger partial charge >= 0.3 is 5.97 Å². The van der Waals surface area contributed by atoms with Crippen LogP contribution in [0.4, 0.5) is 0 Å². The summed E-state index contributed by atoms with van der Waals surface area (Å²) in [5.74, 6) is 3.07. The van der Waals surface area contributed by atoms with Crippen molar-refractivity contribution in [3.8, 4) is 11.5 Å². The molecule has 3 aromatic rings. The predicted octanol–water partition coefficient (Wildman–Crippen LogP) is 6.17. The molecule has 2 aromatic carbocycles. The summed E-state index contributed by atoms with van der Waals surface area (Å²) in [5, 5.41) is 10.5. The molecule has 4 rings (SSSR count). The number of likely N-dealkylation sites (tertiary alicyclic amines) is 1. The average Bonchev–Trinajstić information content (AvgIpc) is 2.92. The number of aryl methyl sites for hydroxylation is 1. The van der Waals surface area contributed by atoms with Crippen LogP contribution in [0.5, 0.6) is 11.5 Å². The van der Waals surface area contributed by atoms with Crippen LogP contribution in [0.1, 0.15) is 37.7 Å². The van der Waals surface area contributed by atoms with E-state index in [1.807, 2.05) is 42.2 Å². The van der Waals surface area contributed by atoms with Crippen molar-refractivity contribution in [1.29, 1.82) is 0 Å². The second kappa shape index (κ2) is 13.7. The smallest absolute Gasteiger partial charge is 0.303 e. The quantitative estimate of drug-likeness (QED) is 0.269. The van der Waals surface area contributed by atoms with E-state index in [9.17, 15) is 9.90 Å². The van der Waals surface area contributed by atoms with Gasteiger partial charge in [-0.3, -0.25) is 9.78 Å². The standard InChI is InChI=1S/C30H38N2O4S/c1-35-25-7-4-8-27(19-25)37-18-17-32-16-14-22(24(21-32)9-12-30(33)34)5-3-6-23-13-15-31-29-11-10-26(36-2)20-28(23)29/h4,7-8,10-11,13,15,19-20,22,24H,3,5-6,9,12,14,16-18,21H2,1-2H3,(H,33,34). The fourth-order valence-electron chi connectivity index (χ4n) is 5.44. The minimum Gasteiger partial charge on any atom is -0.497 e. The van der Waals surface area contributed by atoms with E-state index in [2.05, 4.69) is 34.1 Å². The molecule has 1 aromatic heterocycles. The Balaban J connectivity index is 1.31. The van der Waals surface area contributed by atoms with Crippen LogP contribution in [0.2, 0.25) is 0 Å². The number of aromatic nitrogens is 1. The summed E-state index contributed by atoms with van der Waals surface area (Å²) in [4.78, 5) is 19.6. The number of carbonyl (C=O) groups is 1. The number of rotatable bonds is 13. The minimum absolute atomic E-state index is 0.252. The third-order valence-electron chi connectivity index (χ3n) is 7.48. The molecule has 1 aliphatic heterocycles. The summed E-state index contributed by atoms with van der Waals surface area (Å²) < 4.78 is 10.8. The molecule has 0 radical (unpaired) electrons. The van der Waals surface area contributed by atoms with Crippen molar-refractivity contribution in [2.75, 3.05) is 39.6 Å². The number of ether oxygens (including phenoxy) is 2. The normalized spacial score (nSPS) is 18.1. The number of hydrogen-bond acceptors (Lipinski definition) is 6. The van der Waals surface area contributed by atoms with Gasteiger partial charge in [-0.2, -0.15) is 0 Å². The van der Waals surface area contributed by atoms with E-state index in [1.54, 1.807) is 14.2 Å². The van der Waals surface area contributed by atoms with Gasteiger partial charge in [0.2, 0.25) is 0 Å². The molecule has 1 saturated heterocycles. The number of nitrogens with zero attached hydrogens (tertiary/aromatic N) is 2. The molecule has 1 aliphatic rings. The molecule has 0 bridgehead atoms. The van der Waals surface area contributed by atoms with Crippen LogP contribution in [0.3, 0.4) is 0 Å². The molecule has 2 atom stereocenters. The van der Waals surface area contributed by atoms with Crippen molar-refractivity contribution >= 4 is 28.6 Å². The number of pyridine rings is 1. The molecule has 0 saturated carbocycles. The number of hydrogen-bond donors (Lipinski definition) is 1. The van der Waals surface area contributed by atoms with Crippen molar-refractivity contribution in [3.05, 3.63) is 60.3 Å². The zero-order valence-corrected chi connectivity index (χ0v) is 22.7. The number of piperidine rings is 1. The van der Waals surface area contributed by atoms with Crippen molar-refractivity contribution in [2.45, 2.75) is 43.4 Å². The SMILES string of the molecule is COc1cccc(SCCN2CCC(CCCc3ccnc4ccc(OC)cc34)C(CCC(=O)O)C2)c1. The summed E-state index contributed by atoms with van der Waals surface area (Å²) >= 11 is 1.85. The van der Waals surface area contributed by atoms with Crippen LogP contribution in [0, 0.1) is 11.8 Å². The van der Waals surface area contributed by atoms with Gasteiger partial charge in [0.05, 0.1) is 19.7 Å². The molecule has 0 aliphatic carbocycles. The second-order valence-electron chi connectivity index (χ2n) is 9.81. The maximum absolute atomic E-state index is 11.3. The second-order valence-corrected chi connectivity index (χ2v) is 11.0. The lowest BCUT2D eigenvalue weighted by molar-refractivity contribution is -0.137. The molecule has 198 valence electrons. The van der Waals surface area contributed by atoms with Crippen molar-refractivity contribution < 1.29 is 19.4 Å². The molecule has 0 spiro atoms. The van der Waals surface area contributed by atoms with E-state index < -0.39 is 5.97 Å². The molecular weight excluding hydrogens is 484 g/mol. The first kappa shape index (κ1) is 27.3. The van der Waals surface area contributed by atoms with E-state index in [0.717, 1.165) is 79.9 Å². The summed E-state index contributed by atoms with van der Waals surface area (Å²) in [5.41, 5.74) is 2.30. The van der Waals surface area contributed by atoms with Crippen LogP contribution in [0.25, 0.3) is 10.9 Å². The monoisotopic (exact) mass is 522 g/mol. The number of fused-ring (bicyclic) bond motifs is 1. The van der Waals surface area contributed by atoms with Crippen LogP contribution in [0.15, 0.2) is 59.6 Å². The molecule has 7 heteroatoms. The highest BCUT2D eigenvalue weighted by atomic mass is 32.2. The Bertz CT molecular complexity index is 1170. The maximum atomic E-state index is 11.3. The Hall–Kier alpha value is -2.77. The maximum Gasteiger partial charge on any atom is 0.303 e. The number of benzene rings is 2. The van der Waals surface area contributed by atoms with Crippen molar-refractivity contribution in [3.63, 3.8) is 0 Å². The fourth-order valence-corrected chi connectivity index (χ4v) is 6.40. The van der Waals surface area contributed by atoms with Gasteiger partial charge < -0.3 is 19.5 Å². The minimum atomic E-state index is -0.693. The molecule has 0 amide bonds. The van der Waals surface area contributed by atoms with E-state index in [-0.39, 0.29) is 6.42 Å². The lowest BCUT2D eigenvalue weighted by atomic mass is 9.79. The van der Waals surface area contributed by atoms with Crippen LogP contribution >= 0.6 is 11.8 Å². The van der Waals surface area contributed by atoms with E-state index >= 15 is 0 Å². The van der Waals surface area contributed by atoms with E-state index in [1.165, 1.54) is 10.5 Å². The lowest BCUT2D eigenvalue weighted by Crippen LogP contribution is -2.41. The van der Waals surface area contributed by atoms with E-state index in [4.69, 9.17) is 9.47 Å². The first-order valence-corrected chi connectivity index (χ1v) is 14.2. The number of carboxylic acids is 1. The van der Waals surface area contributed by atoms with Gasteiger partial charge in [-0.25, -0.2) is 0 Å². The zero-order chi connectivity index (χ0) is 26.0. The van der Waals surface area contributed by atoms with Crippen LogP contribution in [-0.2, 0) is 11.2 Å². The molecule has 37 heavy (non-hydrogen) atoms. The number of methoxy groups -OCH3 is 2. The summed E-state index contributed by atoms with van der Waals surface area (Å²) in [7, 11) is 3.39. The molecule has 1 N–H and O–H groups in total. The molecule has 2 unspecified atom stereocenters. The average molecular weight is 523 g/mol. The molecule has 2 heterocycles. The first-order chi connectivity index (χ1) is 18.1. The summed E-state index contributed by atoms with van der Waals surface area (Å²) in [6.45, 7) is 3.09. The third kappa shape index (κ3) is 7.86.